The van der Waals surface area contributed by atoms with E-state index < -0.39 is 17.8 Å². The molecule has 2 rings (SSSR count). The molecular weight excluding hydrogens is 319 g/mol. The molecular formula is C14H17ClF3N3O. The number of anilines is 1. The summed E-state index contributed by atoms with van der Waals surface area (Å²) in [5.41, 5.74) is 4.70. The molecule has 2 amide bonds. The van der Waals surface area contributed by atoms with E-state index in [2.05, 4.69) is 5.32 Å². The molecule has 0 unspecified atom stereocenters. The monoisotopic (exact) mass is 335 g/mol. The van der Waals surface area contributed by atoms with Gasteiger partial charge in [0.1, 0.15) is 0 Å². The molecule has 0 bridgehead atoms. The first kappa shape index (κ1) is 16.9. The molecule has 0 spiro atoms. The first-order chi connectivity index (χ1) is 10.3. The Morgan fingerprint density at radius 2 is 2.18 bits per heavy atom. The van der Waals surface area contributed by atoms with Crippen LogP contribution in [-0.4, -0.2) is 30.6 Å². The third-order valence-corrected chi connectivity index (χ3v) is 4.00. The minimum Gasteiger partial charge on any atom is -0.330 e. The average Bonchev–Trinajstić information content (AvgIpc) is 2.48. The number of benzene rings is 1. The van der Waals surface area contributed by atoms with Crippen LogP contribution in [0.1, 0.15) is 18.4 Å². The highest BCUT2D eigenvalue weighted by Crippen LogP contribution is 2.34. The molecule has 4 nitrogen and oxygen atoms in total. The van der Waals surface area contributed by atoms with Crippen molar-refractivity contribution >= 4 is 23.3 Å². The third kappa shape index (κ3) is 4.04. The van der Waals surface area contributed by atoms with Crippen molar-refractivity contribution in [1.29, 1.82) is 0 Å². The zero-order chi connectivity index (χ0) is 16.3. The topological polar surface area (TPSA) is 58.4 Å². The molecule has 22 heavy (non-hydrogen) atoms. The number of halogens is 4. The first-order valence-corrected chi connectivity index (χ1v) is 7.32. The van der Waals surface area contributed by atoms with Crippen molar-refractivity contribution < 1.29 is 18.0 Å². The fourth-order valence-corrected chi connectivity index (χ4v) is 2.60. The molecule has 1 heterocycles. The van der Waals surface area contributed by atoms with Crippen molar-refractivity contribution in [2.45, 2.75) is 19.0 Å². The lowest BCUT2D eigenvalue weighted by Gasteiger charge is -2.32. The Bertz CT molecular complexity index is 551. The van der Waals surface area contributed by atoms with Crippen LogP contribution in [0, 0.1) is 5.92 Å². The van der Waals surface area contributed by atoms with Gasteiger partial charge in [0, 0.05) is 13.1 Å². The van der Waals surface area contributed by atoms with Gasteiger partial charge < -0.3 is 16.0 Å². The van der Waals surface area contributed by atoms with E-state index in [9.17, 15) is 18.0 Å². The van der Waals surface area contributed by atoms with Crippen molar-refractivity contribution in [2.75, 3.05) is 25.0 Å². The van der Waals surface area contributed by atoms with Crippen molar-refractivity contribution in [3.05, 3.63) is 28.8 Å². The van der Waals surface area contributed by atoms with E-state index in [1.165, 1.54) is 0 Å². The van der Waals surface area contributed by atoms with Gasteiger partial charge in [0.15, 0.2) is 0 Å². The molecule has 0 radical (unpaired) electrons. The Morgan fingerprint density at radius 1 is 1.45 bits per heavy atom. The maximum absolute atomic E-state index is 12.7. The fourth-order valence-electron chi connectivity index (χ4n) is 2.43. The molecule has 1 aliphatic heterocycles. The number of carbonyl (C=O) groups is 1. The predicted octanol–water partition coefficient (Wildman–Crippen LogP) is 3.56. The summed E-state index contributed by atoms with van der Waals surface area (Å²) in [4.78, 5) is 13.7. The standard InChI is InChI=1S/C14H17ClF3N3O/c15-11-4-3-10(14(16,17)18)6-12(11)20-13(22)21-5-1-2-9(7-19)8-21/h3-4,6,9H,1-2,5,7-8,19H2,(H,20,22)/t9-/m0/s1. The molecule has 0 aliphatic carbocycles. The van der Waals surface area contributed by atoms with Crippen molar-refractivity contribution in [1.82, 2.24) is 4.90 Å². The maximum atomic E-state index is 12.7. The molecule has 8 heteroatoms. The van der Waals surface area contributed by atoms with Gasteiger partial charge in [-0.25, -0.2) is 4.79 Å². The van der Waals surface area contributed by atoms with E-state index in [-0.39, 0.29) is 16.6 Å². The van der Waals surface area contributed by atoms with Crippen LogP contribution in [0.15, 0.2) is 18.2 Å². The van der Waals surface area contributed by atoms with Gasteiger partial charge >= 0.3 is 12.2 Å². The molecule has 1 aliphatic rings. The SMILES string of the molecule is NC[C@@H]1CCCN(C(=O)Nc2cc(C(F)(F)F)ccc2Cl)C1. The Labute approximate surface area is 131 Å². The van der Waals surface area contributed by atoms with E-state index in [0.29, 0.717) is 19.6 Å². The normalized spacial score (nSPS) is 19.1. The van der Waals surface area contributed by atoms with E-state index in [4.69, 9.17) is 17.3 Å². The van der Waals surface area contributed by atoms with Gasteiger partial charge in [-0.1, -0.05) is 11.6 Å². The number of likely N-dealkylation sites (tertiary alicyclic amines) is 1. The lowest BCUT2D eigenvalue weighted by Crippen LogP contribution is -2.44. The molecule has 0 saturated carbocycles. The zero-order valence-electron chi connectivity index (χ0n) is 11.8. The number of piperidine rings is 1. The highest BCUT2D eigenvalue weighted by Gasteiger charge is 2.31. The molecule has 1 fully saturated rings. The highest BCUT2D eigenvalue weighted by molar-refractivity contribution is 6.33. The van der Waals surface area contributed by atoms with Crippen molar-refractivity contribution in [3.8, 4) is 0 Å². The second kappa shape index (κ2) is 6.75. The molecule has 1 atom stereocenters. The number of nitrogens with zero attached hydrogens (tertiary/aromatic N) is 1. The number of alkyl halides is 3. The predicted molar refractivity (Wildman–Crippen MR) is 78.8 cm³/mol. The Hall–Kier alpha value is -1.47. The summed E-state index contributed by atoms with van der Waals surface area (Å²) >= 11 is 5.86. The lowest BCUT2D eigenvalue weighted by molar-refractivity contribution is -0.137. The van der Waals surface area contributed by atoms with Crippen LogP contribution in [0.25, 0.3) is 0 Å². The van der Waals surface area contributed by atoms with Crippen LogP contribution in [0.3, 0.4) is 0 Å². The number of nitrogens with two attached hydrogens (primary N) is 1. The Morgan fingerprint density at radius 3 is 2.82 bits per heavy atom. The molecule has 0 aromatic heterocycles. The van der Waals surface area contributed by atoms with Gasteiger partial charge in [0.25, 0.3) is 0 Å². The number of nitrogens with one attached hydrogen (secondary N) is 1. The number of urea groups is 1. The molecule has 122 valence electrons. The van der Waals surface area contributed by atoms with E-state index in [1.54, 1.807) is 4.90 Å². The smallest absolute Gasteiger partial charge is 0.330 e. The minimum atomic E-state index is -4.49. The lowest BCUT2D eigenvalue weighted by atomic mass is 9.99. The number of amides is 2. The fraction of sp³-hybridized carbons (Fsp3) is 0.500. The second-order valence-electron chi connectivity index (χ2n) is 5.31. The number of hydrogen-bond acceptors (Lipinski definition) is 2. The third-order valence-electron chi connectivity index (χ3n) is 3.67. The van der Waals surface area contributed by atoms with Gasteiger partial charge in [-0.15, -0.1) is 0 Å². The molecule has 1 aromatic rings. The minimum absolute atomic E-state index is 0.0450. The van der Waals surface area contributed by atoms with Crippen LogP contribution in [-0.2, 0) is 6.18 Å². The largest absolute Gasteiger partial charge is 0.416 e. The van der Waals surface area contributed by atoms with E-state index in [1.807, 2.05) is 0 Å². The van der Waals surface area contributed by atoms with Gasteiger partial charge in [0.05, 0.1) is 16.3 Å². The van der Waals surface area contributed by atoms with Crippen molar-refractivity contribution in [2.24, 2.45) is 11.7 Å². The van der Waals surface area contributed by atoms with Crippen molar-refractivity contribution in [3.63, 3.8) is 0 Å². The van der Waals surface area contributed by atoms with Crippen LogP contribution in [0.4, 0.5) is 23.7 Å². The number of carbonyl (C=O) groups excluding carboxylic acids is 1. The second-order valence-corrected chi connectivity index (χ2v) is 5.72. The van der Waals surface area contributed by atoms with Gasteiger partial charge in [-0.05, 0) is 43.5 Å². The van der Waals surface area contributed by atoms with Crippen LogP contribution >= 0.6 is 11.6 Å². The molecule has 1 saturated heterocycles. The highest BCUT2D eigenvalue weighted by atomic mass is 35.5. The van der Waals surface area contributed by atoms with Crippen LogP contribution < -0.4 is 11.1 Å². The molecule has 1 aromatic carbocycles. The van der Waals surface area contributed by atoms with E-state index in [0.717, 1.165) is 31.0 Å². The Kier molecular flexibility index (Phi) is 5.18. The summed E-state index contributed by atoms with van der Waals surface area (Å²) in [6.07, 6.45) is -2.71. The average molecular weight is 336 g/mol. The zero-order valence-corrected chi connectivity index (χ0v) is 12.5. The first-order valence-electron chi connectivity index (χ1n) is 6.94. The molecule has 3 N–H and O–H groups in total. The van der Waals surface area contributed by atoms with Gasteiger partial charge in [-0.3, -0.25) is 0 Å². The Balaban J connectivity index is 2.11. The summed E-state index contributed by atoms with van der Waals surface area (Å²) in [6, 6.07) is 2.38. The number of rotatable bonds is 2. The summed E-state index contributed by atoms with van der Waals surface area (Å²) in [7, 11) is 0. The van der Waals surface area contributed by atoms with Crippen LogP contribution in [0.2, 0.25) is 5.02 Å². The summed E-state index contributed by atoms with van der Waals surface area (Å²) in [5.74, 6) is 0.219. The quantitative estimate of drug-likeness (QED) is 0.868. The maximum Gasteiger partial charge on any atom is 0.416 e. The summed E-state index contributed by atoms with van der Waals surface area (Å²) in [6.45, 7) is 1.53. The van der Waals surface area contributed by atoms with E-state index >= 15 is 0 Å². The van der Waals surface area contributed by atoms with Gasteiger partial charge in [0.2, 0.25) is 0 Å². The van der Waals surface area contributed by atoms with Crippen LogP contribution in [0.5, 0.6) is 0 Å². The summed E-state index contributed by atoms with van der Waals surface area (Å²) < 4.78 is 38.1. The van der Waals surface area contributed by atoms with Gasteiger partial charge in [-0.2, -0.15) is 13.2 Å². The number of hydrogen-bond donors (Lipinski definition) is 2. The summed E-state index contributed by atoms with van der Waals surface area (Å²) in [5, 5.41) is 2.51.